The first kappa shape index (κ1) is 17.3. The van der Waals surface area contributed by atoms with Crippen LogP contribution >= 0.6 is 0 Å². The highest BCUT2D eigenvalue weighted by molar-refractivity contribution is 5.99. The zero-order chi connectivity index (χ0) is 17.8. The van der Waals surface area contributed by atoms with Crippen molar-refractivity contribution in [1.29, 1.82) is 0 Å². The van der Waals surface area contributed by atoms with Crippen LogP contribution in [0.1, 0.15) is 43.0 Å². The van der Waals surface area contributed by atoms with E-state index in [1.54, 1.807) is 19.1 Å². The molecule has 0 bridgehead atoms. The van der Waals surface area contributed by atoms with Crippen molar-refractivity contribution in [2.24, 2.45) is 0 Å². The van der Waals surface area contributed by atoms with E-state index in [1.807, 2.05) is 24.3 Å². The number of methoxy groups -OCH3 is 1. The SMILES string of the molecule is COc1cc2ccccc2cc1C(=O)O[C@@H](C)C(=O)NC1CCCC1. The number of fused-ring (bicyclic) bond motifs is 1. The van der Waals surface area contributed by atoms with Gasteiger partial charge in [-0.15, -0.1) is 0 Å². The third-order valence-electron chi connectivity index (χ3n) is 4.64. The molecule has 0 spiro atoms. The van der Waals surface area contributed by atoms with Crippen LogP contribution in [0.5, 0.6) is 5.75 Å². The molecule has 0 radical (unpaired) electrons. The van der Waals surface area contributed by atoms with Gasteiger partial charge in [0.25, 0.3) is 5.91 Å². The molecule has 2 aromatic rings. The fourth-order valence-electron chi connectivity index (χ4n) is 3.21. The van der Waals surface area contributed by atoms with E-state index < -0.39 is 12.1 Å². The zero-order valence-corrected chi connectivity index (χ0v) is 14.6. The van der Waals surface area contributed by atoms with Gasteiger partial charge in [-0.25, -0.2) is 4.79 Å². The van der Waals surface area contributed by atoms with Crippen molar-refractivity contribution in [3.63, 3.8) is 0 Å². The van der Waals surface area contributed by atoms with Crippen LogP contribution in [0.4, 0.5) is 0 Å². The van der Waals surface area contributed by atoms with Crippen molar-refractivity contribution in [2.75, 3.05) is 7.11 Å². The minimum absolute atomic E-state index is 0.198. The number of benzene rings is 2. The van der Waals surface area contributed by atoms with Crippen molar-refractivity contribution in [1.82, 2.24) is 5.32 Å². The first-order valence-electron chi connectivity index (χ1n) is 8.66. The van der Waals surface area contributed by atoms with E-state index in [9.17, 15) is 9.59 Å². The normalized spacial score (nSPS) is 15.8. The predicted octanol–water partition coefficient (Wildman–Crippen LogP) is 3.45. The van der Waals surface area contributed by atoms with Gasteiger partial charge in [0.2, 0.25) is 0 Å². The molecule has 3 rings (SSSR count). The Balaban J connectivity index is 1.73. The van der Waals surface area contributed by atoms with Crippen LogP contribution in [-0.2, 0) is 9.53 Å². The number of hydrogen-bond donors (Lipinski definition) is 1. The molecule has 25 heavy (non-hydrogen) atoms. The Bertz CT molecular complexity index is 780. The summed E-state index contributed by atoms with van der Waals surface area (Å²) in [5, 5.41) is 4.84. The van der Waals surface area contributed by atoms with E-state index in [0.717, 1.165) is 36.5 Å². The standard InChI is InChI=1S/C20H23NO4/c1-13(19(22)21-16-9-5-6-10-16)25-20(23)17-11-14-7-3-4-8-15(14)12-18(17)24-2/h3-4,7-8,11-13,16H,5-6,9-10H2,1-2H3,(H,21,22)/t13-/m0/s1. The van der Waals surface area contributed by atoms with Gasteiger partial charge in [-0.3, -0.25) is 4.79 Å². The number of amides is 1. The van der Waals surface area contributed by atoms with E-state index in [1.165, 1.54) is 7.11 Å². The van der Waals surface area contributed by atoms with Crippen LogP contribution in [0.25, 0.3) is 10.8 Å². The third kappa shape index (κ3) is 3.92. The van der Waals surface area contributed by atoms with Gasteiger partial charge in [-0.2, -0.15) is 0 Å². The monoisotopic (exact) mass is 341 g/mol. The minimum atomic E-state index is -0.843. The van der Waals surface area contributed by atoms with Crippen molar-refractivity contribution in [3.8, 4) is 5.75 Å². The summed E-state index contributed by atoms with van der Waals surface area (Å²) < 4.78 is 10.7. The summed E-state index contributed by atoms with van der Waals surface area (Å²) in [7, 11) is 1.51. The highest BCUT2D eigenvalue weighted by Gasteiger charge is 2.25. The van der Waals surface area contributed by atoms with E-state index in [0.29, 0.717) is 11.3 Å². The number of esters is 1. The number of carbonyl (C=O) groups is 2. The van der Waals surface area contributed by atoms with Gasteiger partial charge in [0.1, 0.15) is 11.3 Å². The lowest BCUT2D eigenvalue weighted by Gasteiger charge is -2.18. The van der Waals surface area contributed by atoms with Crippen molar-refractivity contribution in [3.05, 3.63) is 42.0 Å². The number of ether oxygens (including phenoxy) is 2. The Hall–Kier alpha value is -2.56. The topological polar surface area (TPSA) is 64.6 Å². The lowest BCUT2D eigenvalue weighted by molar-refractivity contribution is -0.129. The van der Waals surface area contributed by atoms with Crippen molar-refractivity contribution in [2.45, 2.75) is 44.8 Å². The van der Waals surface area contributed by atoms with Crippen LogP contribution in [0, 0.1) is 0 Å². The fourth-order valence-corrected chi connectivity index (χ4v) is 3.21. The largest absolute Gasteiger partial charge is 0.496 e. The molecule has 1 atom stereocenters. The van der Waals surface area contributed by atoms with Gasteiger partial charge in [-0.05, 0) is 42.7 Å². The molecule has 1 aliphatic rings. The summed E-state index contributed by atoms with van der Waals surface area (Å²) in [6, 6.07) is 11.4. The second-order valence-electron chi connectivity index (χ2n) is 6.44. The van der Waals surface area contributed by atoms with Crippen LogP contribution in [0.3, 0.4) is 0 Å². The smallest absolute Gasteiger partial charge is 0.342 e. The number of rotatable bonds is 5. The van der Waals surface area contributed by atoms with E-state index in [4.69, 9.17) is 9.47 Å². The summed E-state index contributed by atoms with van der Waals surface area (Å²) >= 11 is 0. The van der Waals surface area contributed by atoms with Gasteiger partial charge < -0.3 is 14.8 Å². The number of nitrogens with one attached hydrogen (secondary N) is 1. The molecule has 1 saturated carbocycles. The van der Waals surface area contributed by atoms with Gasteiger partial charge >= 0.3 is 5.97 Å². The molecule has 132 valence electrons. The van der Waals surface area contributed by atoms with Gasteiger partial charge in [0.15, 0.2) is 6.10 Å². The molecule has 1 aliphatic carbocycles. The molecule has 0 heterocycles. The van der Waals surface area contributed by atoms with Crippen LogP contribution in [-0.4, -0.2) is 31.1 Å². The Morgan fingerprint density at radius 2 is 1.76 bits per heavy atom. The Morgan fingerprint density at radius 1 is 1.12 bits per heavy atom. The maximum absolute atomic E-state index is 12.5. The molecular formula is C20H23NO4. The second kappa shape index (κ2) is 7.55. The van der Waals surface area contributed by atoms with Crippen LogP contribution < -0.4 is 10.1 Å². The summed E-state index contributed by atoms with van der Waals surface area (Å²) in [5.74, 6) is -0.371. The quantitative estimate of drug-likeness (QED) is 0.846. The zero-order valence-electron chi connectivity index (χ0n) is 14.6. The molecule has 2 aromatic carbocycles. The highest BCUT2D eigenvalue weighted by Crippen LogP contribution is 2.27. The van der Waals surface area contributed by atoms with E-state index in [-0.39, 0.29) is 11.9 Å². The first-order valence-corrected chi connectivity index (χ1v) is 8.66. The molecule has 5 nitrogen and oxygen atoms in total. The summed E-state index contributed by atoms with van der Waals surface area (Å²) in [4.78, 5) is 24.8. The molecular weight excluding hydrogens is 318 g/mol. The summed E-state index contributed by atoms with van der Waals surface area (Å²) in [6.45, 7) is 1.59. The van der Waals surface area contributed by atoms with Crippen molar-refractivity contribution >= 4 is 22.6 Å². The Labute approximate surface area is 147 Å². The maximum atomic E-state index is 12.5. The number of hydrogen-bond acceptors (Lipinski definition) is 4. The van der Waals surface area contributed by atoms with Gasteiger partial charge in [0.05, 0.1) is 7.11 Å². The van der Waals surface area contributed by atoms with Crippen molar-refractivity contribution < 1.29 is 19.1 Å². The minimum Gasteiger partial charge on any atom is -0.496 e. The Kier molecular flexibility index (Phi) is 5.22. The average Bonchev–Trinajstić information content (AvgIpc) is 3.13. The van der Waals surface area contributed by atoms with Gasteiger partial charge in [0, 0.05) is 6.04 Å². The molecule has 5 heteroatoms. The highest BCUT2D eigenvalue weighted by atomic mass is 16.5. The lowest BCUT2D eigenvalue weighted by Crippen LogP contribution is -2.40. The molecule has 0 aromatic heterocycles. The second-order valence-corrected chi connectivity index (χ2v) is 6.44. The number of carbonyl (C=O) groups excluding carboxylic acids is 2. The fraction of sp³-hybridized carbons (Fsp3) is 0.400. The molecule has 1 amide bonds. The third-order valence-corrected chi connectivity index (χ3v) is 4.64. The van der Waals surface area contributed by atoms with E-state index in [2.05, 4.69) is 5.32 Å². The first-order chi connectivity index (χ1) is 12.1. The van der Waals surface area contributed by atoms with Gasteiger partial charge in [-0.1, -0.05) is 37.1 Å². The predicted molar refractivity (Wildman–Crippen MR) is 95.8 cm³/mol. The van der Waals surface area contributed by atoms with Crippen LogP contribution in [0.15, 0.2) is 36.4 Å². The lowest BCUT2D eigenvalue weighted by atomic mass is 10.1. The molecule has 1 fully saturated rings. The maximum Gasteiger partial charge on any atom is 0.342 e. The molecule has 1 N–H and O–H groups in total. The van der Waals surface area contributed by atoms with E-state index >= 15 is 0 Å². The summed E-state index contributed by atoms with van der Waals surface area (Å²) in [5.41, 5.74) is 0.321. The Morgan fingerprint density at radius 3 is 2.40 bits per heavy atom. The molecule has 0 unspecified atom stereocenters. The molecule has 0 saturated heterocycles. The molecule has 0 aliphatic heterocycles. The summed E-state index contributed by atoms with van der Waals surface area (Å²) in [6.07, 6.45) is 3.40. The van der Waals surface area contributed by atoms with Crippen LogP contribution in [0.2, 0.25) is 0 Å². The average molecular weight is 341 g/mol.